The average molecular weight is 104 g/mol. The molecular weight excluding hydrogens is 92.1 g/mol. The molecule has 0 aromatic heterocycles. The zero-order valence-corrected chi connectivity index (χ0v) is 4.46. The molecule has 0 heterocycles. The van der Waals surface area contributed by atoms with Crippen LogP contribution >= 0.6 is 0 Å². The van der Waals surface area contributed by atoms with E-state index >= 15 is 0 Å². The number of nitrogens with two attached hydrogens (primary N) is 2. The molecule has 0 aliphatic rings. The highest BCUT2D eigenvalue weighted by Gasteiger charge is 1.97. The second-order valence-corrected chi connectivity index (χ2v) is 1.78. The van der Waals surface area contributed by atoms with Gasteiger partial charge < -0.3 is 16.6 Å². The lowest BCUT2D eigenvalue weighted by Crippen LogP contribution is -2.28. The van der Waals surface area contributed by atoms with Crippen molar-refractivity contribution in [2.45, 2.75) is 25.6 Å². The Balaban J connectivity index is 2.95. The van der Waals surface area contributed by atoms with E-state index in [1.165, 1.54) is 0 Å². The molecule has 0 amide bonds. The lowest BCUT2D eigenvalue weighted by Gasteiger charge is -2.05. The Bertz CT molecular complexity index is 39.0. The standard InChI is InChI=1S/C4H12N2O/c1-3(5)2-4(6)7/h3-4,7H,2,5-6H2,1H3/t3-,4?/m1/s1. The molecule has 0 bridgehead atoms. The summed E-state index contributed by atoms with van der Waals surface area (Å²) in [6.45, 7) is 1.80. The molecule has 3 heteroatoms. The minimum Gasteiger partial charge on any atom is -0.379 e. The molecule has 0 saturated heterocycles. The largest absolute Gasteiger partial charge is 0.379 e. The van der Waals surface area contributed by atoms with Gasteiger partial charge in [-0.15, -0.1) is 0 Å². The van der Waals surface area contributed by atoms with Crippen molar-refractivity contribution >= 4 is 0 Å². The molecule has 0 radical (unpaired) electrons. The van der Waals surface area contributed by atoms with Gasteiger partial charge in [-0.3, -0.25) is 0 Å². The number of aliphatic hydroxyl groups excluding tert-OH is 1. The molecule has 7 heavy (non-hydrogen) atoms. The zero-order valence-electron chi connectivity index (χ0n) is 4.46. The SMILES string of the molecule is C[C@@H](N)CC(N)O. The molecule has 0 saturated carbocycles. The molecule has 0 aliphatic carbocycles. The Labute approximate surface area is 43.3 Å². The Kier molecular flexibility index (Phi) is 2.91. The van der Waals surface area contributed by atoms with Gasteiger partial charge in [-0.25, -0.2) is 0 Å². The molecule has 2 atom stereocenters. The molecular formula is C4H12N2O. The highest BCUT2D eigenvalue weighted by molar-refractivity contribution is 4.55. The minimum atomic E-state index is -0.750. The van der Waals surface area contributed by atoms with Crippen LogP contribution in [0.15, 0.2) is 0 Å². The van der Waals surface area contributed by atoms with Gasteiger partial charge in [-0.1, -0.05) is 0 Å². The highest BCUT2D eigenvalue weighted by atomic mass is 16.3. The zero-order chi connectivity index (χ0) is 5.86. The Morgan fingerprint density at radius 3 is 2.00 bits per heavy atom. The van der Waals surface area contributed by atoms with Gasteiger partial charge in [-0.05, 0) is 6.92 Å². The van der Waals surface area contributed by atoms with Gasteiger partial charge in [0.2, 0.25) is 0 Å². The van der Waals surface area contributed by atoms with Gasteiger partial charge >= 0.3 is 0 Å². The number of rotatable bonds is 2. The van der Waals surface area contributed by atoms with Crippen LogP contribution in [0.25, 0.3) is 0 Å². The van der Waals surface area contributed by atoms with Crippen molar-refractivity contribution in [3.05, 3.63) is 0 Å². The molecule has 0 fully saturated rings. The first-order chi connectivity index (χ1) is 3.13. The van der Waals surface area contributed by atoms with E-state index in [4.69, 9.17) is 16.6 Å². The molecule has 5 N–H and O–H groups in total. The first kappa shape index (κ1) is 6.88. The van der Waals surface area contributed by atoms with Crippen LogP contribution in [0.1, 0.15) is 13.3 Å². The lowest BCUT2D eigenvalue weighted by molar-refractivity contribution is 0.165. The van der Waals surface area contributed by atoms with Crippen molar-refractivity contribution in [2.24, 2.45) is 11.5 Å². The van der Waals surface area contributed by atoms with Gasteiger partial charge in [0.1, 0.15) is 6.23 Å². The van der Waals surface area contributed by atoms with Gasteiger partial charge in [-0.2, -0.15) is 0 Å². The van der Waals surface area contributed by atoms with E-state index in [0.29, 0.717) is 6.42 Å². The van der Waals surface area contributed by atoms with Crippen LogP contribution in [0.3, 0.4) is 0 Å². The van der Waals surface area contributed by atoms with Crippen LogP contribution in [-0.2, 0) is 0 Å². The predicted octanol–water partition coefficient (Wildman–Crippen LogP) is -0.999. The number of hydrogen-bond acceptors (Lipinski definition) is 3. The van der Waals surface area contributed by atoms with Crippen molar-refractivity contribution in [1.29, 1.82) is 0 Å². The second kappa shape index (κ2) is 2.96. The number of aliphatic hydroxyl groups is 1. The van der Waals surface area contributed by atoms with E-state index in [9.17, 15) is 0 Å². The molecule has 44 valence electrons. The van der Waals surface area contributed by atoms with Crippen LogP contribution < -0.4 is 11.5 Å². The highest BCUT2D eigenvalue weighted by Crippen LogP contribution is 1.85. The summed E-state index contributed by atoms with van der Waals surface area (Å²) in [6.07, 6.45) is -0.278. The Morgan fingerprint density at radius 1 is 1.57 bits per heavy atom. The van der Waals surface area contributed by atoms with E-state index in [-0.39, 0.29) is 6.04 Å². The molecule has 0 spiro atoms. The third kappa shape index (κ3) is 5.88. The molecule has 0 aromatic rings. The van der Waals surface area contributed by atoms with Crippen molar-refractivity contribution in [1.82, 2.24) is 0 Å². The Hall–Kier alpha value is -0.120. The third-order valence-electron chi connectivity index (χ3n) is 0.613. The van der Waals surface area contributed by atoms with Crippen LogP contribution in [0.4, 0.5) is 0 Å². The van der Waals surface area contributed by atoms with Gasteiger partial charge in [0, 0.05) is 12.5 Å². The summed E-state index contributed by atoms with van der Waals surface area (Å²) in [6, 6.07) is -0.000000000000000444. The number of hydrogen-bond donors (Lipinski definition) is 3. The molecule has 0 rings (SSSR count). The third-order valence-corrected chi connectivity index (χ3v) is 0.613. The summed E-state index contributed by atoms with van der Waals surface area (Å²) in [5, 5.41) is 8.42. The maximum Gasteiger partial charge on any atom is 0.103 e. The summed E-state index contributed by atoms with van der Waals surface area (Å²) >= 11 is 0. The monoisotopic (exact) mass is 104 g/mol. The summed E-state index contributed by atoms with van der Waals surface area (Å²) in [5.74, 6) is 0. The molecule has 1 unspecified atom stereocenters. The first-order valence-electron chi connectivity index (χ1n) is 2.32. The van der Waals surface area contributed by atoms with Crippen LogP contribution in [0, 0.1) is 0 Å². The van der Waals surface area contributed by atoms with Gasteiger partial charge in [0.05, 0.1) is 0 Å². The molecule has 0 aromatic carbocycles. The van der Waals surface area contributed by atoms with E-state index in [0.717, 1.165) is 0 Å². The van der Waals surface area contributed by atoms with E-state index in [1.54, 1.807) is 6.92 Å². The fourth-order valence-electron chi connectivity index (χ4n) is 0.381. The van der Waals surface area contributed by atoms with Crippen LogP contribution in [-0.4, -0.2) is 17.4 Å². The second-order valence-electron chi connectivity index (χ2n) is 1.78. The maximum absolute atomic E-state index is 8.42. The van der Waals surface area contributed by atoms with Crippen molar-refractivity contribution in [3.63, 3.8) is 0 Å². The van der Waals surface area contributed by atoms with Crippen LogP contribution in [0.5, 0.6) is 0 Å². The summed E-state index contributed by atoms with van der Waals surface area (Å²) < 4.78 is 0. The van der Waals surface area contributed by atoms with Crippen molar-refractivity contribution in [2.75, 3.05) is 0 Å². The molecule has 3 nitrogen and oxygen atoms in total. The first-order valence-corrected chi connectivity index (χ1v) is 2.32. The molecule has 0 aliphatic heterocycles. The maximum atomic E-state index is 8.42. The van der Waals surface area contributed by atoms with E-state index < -0.39 is 6.23 Å². The quantitative estimate of drug-likeness (QED) is 0.393. The Morgan fingerprint density at radius 2 is 2.00 bits per heavy atom. The fourth-order valence-corrected chi connectivity index (χ4v) is 0.381. The fraction of sp³-hybridized carbons (Fsp3) is 1.00. The predicted molar refractivity (Wildman–Crippen MR) is 28.5 cm³/mol. The van der Waals surface area contributed by atoms with Crippen LogP contribution in [0.2, 0.25) is 0 Å². The lowest BCUT2D eigenvalue weighted by atomic mass is 10.2. The average Bonchev–Trinajstić information content (AvgIpc) is 1.27. The smallest absolute Gasteiger partial charge is 0.103 e. The van der Waals surface area contributed by atoms with Gasteiger partial charge in [0.15, 0.2) is 0 Å². The summed E-state index contributed by atoms with van der Waals surface area (Å²) in [5.41, 5.74) is 10.2. The van der Waals surface area contributed by atoms with Crippen molar-refractivity contribution < 1.29 is 5.11 Å². The van der Waals surface area contributed by atoms with E-state index in [2.05, 4.69) is 0 Å². The minimum absolute atomic E-state index is 0.000000000000000444. The van der Waals surface area contributed by atoms with Crippen molar-refractivity contribution in [3.8, 4) is 0 Å². The topological polar surface area (TPSA) is 72.3 Å². The van der Waals surface area contributed by atoms with Gasteiger partial charge in [0.25, 0.3) is 0 Å². The van der Waals surface area contributed by atoms with E-state index in [1.807, 2.05) is 0 Å². The normalized spacial score (nSPS) is 18.9. The summed E-state index contributed by atoms with van der Waals surface area (Å²) in [4.78, 5) is 0. The summed E-state index contributed by atoms with van der Waals surface area (Å²) in [7, 11) is 0.